The standard InChI is InChI=1S/C18H17N3O5S/c1-10-16(23)19-12-8-11(5-6-14(12)27-10)18(25)26-9-15(22)20-17(24)13-4-3-7-21(13)2/h3-8,10H,9H2,1-2H3,(H,19,23)(H,20,22,24)/t10-/m0/s1. The summed E-state index contributed by atoms with van der Waals surface area (Å²) in [5, 5.41) is 4.67. The van der Waals surface area contributed by atoms with E-state index in [0.29, 0.717) is 11.4 Å². The van der Waals surface area contributed by atoms with Crippen LogP contribution in [0, 0.1) is 0 Å². The molecule has 0 unspecified atom stereocenters. The first-order valence-electron chi connectivity index (χ1n) is 8.09. The van der Waals surface area contributed by atoms with Crippen LogP contribution in [0.3, 0.4) is 0 Å². The van der Waals surface area contributed by atoms with Gasteiger partial charge in [-0.15, -0.1) is 11.8 Å². The van der Waals surface area contributed by atoms with Crippen LogP contribution in [0.4, 0.5) is 5.69 Å². The zero-order valence-corrected chi connectivity index (χ0v) is 15.5. The SMILES string of the molecule is C[C@@H]1Sc2ccc(C(=O)OCC(=O)NC(=O)c3cccn3C)cc2NC1=O. The Kier molecular flexibility index (Phi) is 5.31. The molecule has 0 fully saturated rings. The minimum Gasteiger partial charge on any atom is -0.452 e. The van der Waals surface area contributed by atoms with Gasteiger partial charge >= 0.3 is 5.97 Å². The Morgan fingerprint density at radius 3 is 2.78 bits per heavy atom. The number of hydrogen-bond acceptors (Lipinski definition) is 6. The lowest BCUT2D eigenvalue weighted by molar-refractivity contribution is -0.123. The summed E-state index contributed by atoms with van der Waals surface area (Å²) in [5.74, 6) is -2.18. The molecule has 8 nitrogen and oxygen atoms in total. The van der Waals surface area contributed by atoms with Crippen molar-refractivity contribution in [2.24, 2.45) is 7.05 Å². The second-order valence-corrected chi connectivity index (χ2v) is 7.30. The number of nitrogens with zero attached hydrogens (tertiary/aromatic N) is 1. The molecule has 0 saturated carbocycles. The van der Waals surface area contributed by atoms with E-state index in [1.54, 1.807) is 49.0 Å². The van der Waals surface area contributed by atoms with Crippen molar-refractivity contribution in [3.63, 3.8) is 0 Å². The lowest BCUT2D eigenvalue weighted by Crippen LogP contribution is -2.35. The highest BCUT2D eigenvalue weighted by molar-refractivity contribution is 8.00. The van der Waals surface area contributed by atoms with Gasteiger partial charge in [0.25, 0.3) is 11.8 Å². The predicted octanol–water partition coefficient (Wildman–Crippen LogP) is 1.57. The lowest BCUT2D eigenvalue weighted by Gasteiger charge is -2.21. The van der Waals surface area contributed by atoms with E-state index in [0.717, 1.165) is 4.90 Å². The Morgan fingerprint density at radius 2 is 2.07 bits per heavy atom. The van der Waals surface area contributed by atoms with E-state index in [1.165, 1.54) is 17.8 Å². The zero-order chi connectivity index (χ0) is 19.6. The van der Waals surface area contributed by atoms with E-state index in [4.69, 9.17) is 4.74 Å². The third-order valence-corrected chi connectivity index (χ3v) is 5.09. The van der Waals surface area contributed by atoms with Crippen molar-refractivity contribution in [2.45, 2.75) is 17.1 Å². The van der Waals surface area contributed by atoms with Crippen molar-refractivity contribution >= 4 is 41.1 Å². The van der Waals surface area contributed by atoms with E-state index < -0.39 is 24.4 Å². The zero-order valence-electron chi connectivity index (χ0n) is 14.6. The number of fused-ring (bicyclic) bond motifs is 1. The van der Waals surface area contributed by atoms with Crippen LogP contribution < -0.4 is 10.6 Å². The normalized spacial score (nSPS) is 15.5. The minimum absolute atomic E-state index is 0.142. The number of carbonyl (C=O) groups excluding carboxylic acids is 4. The highest BCUT2D eigenvalue weighted by atomic mass is 32.2. The summed E-state index contributed by atoms with van der Waals surface area (Å²) in [6, 6.07) is 8.01. The number of rotatable bonds is 4. The Labute approximate surface area is 159 Å². The molecule has 0 saturated heterocycles. The number of imide groups is 1. The summed E-state index contributed by atoms with van der Waals surface area (Å²) in [5.41, 5.74) is 1.04. The average molecular weight is 387 g/mol. The first-order valence-corrected chi connectivity index (χ1v) is 8.97. The number of aryl methyl sites for hydroxylation is 1. The predicted molar refractivity (Wildman–Crippen MR) is 98.6 cm³/mol. The number of nitrogens with one attached hydrogen (secondary N) is 2. The molecule has 0 aliphatic carbocycles. The highest BCUT2D eigenvalue weighted by Gasteiger charge is 2.24. The van der Waals surface area contributed by atoms with Crippen LogP contribution in [0.25, 0.3) is 0 Å². The number of anilines is 1. The molecule has 0 spiro atoms. The number of thioether (sulfide) groups is 1. The molecule has 0 radical (unpaired) electrons. The van der Waals surface area contributed by atoms with E-state index in [1.807, 2.05) is 0 Å². The minimum atomic E-state index is -0.731. The van der Waals surface area contributed by atoms with Crippen molar-refractivity contribution in [2.75, 3.05) is 11.9 Å². The third kappa shape index (κ3) is 4.20. The van der Waals surface area contributed by atoms with E-state index in [9.17, 15) is 19.2 Å². The Balaban J connectivity index is 1.57. The molecule has 2 heterocycles. The topological polar surface area (TPSA) is 106 Å². The maximum absolute atomic E-state index is 12.1. The van der Waals surface area contributed by atoms with E-state index in [2.05, 4.69) is 10.6 Å². The van der Waals surface area contributed by atoms with Gasteiger partial charge in [-0.2, -0.15) is 0 Å². The first-order chi connectivity index (χ1) is 12.8. The molecule has 3 amide bonds. The number of esters is 1. The van der Waals surface area contributed by atoms with Gasteiger partial charge in [-0.05, 0) is 37.3 Å². The number of aromatic nitrogens is 1. The number of carbonyl (C=O) groups is 4. The lowest BCUT2D eigenvalue weighted by atomic mass is 10.2. The van der Waals surface area contributed by atoms with Crippen LogP contribution in [0.2, 0.25) is 0 Å². The van der Waals surface area contributed by atoms with Crippen LogP contribution in [-0.4, -0.2) is 40.1 Å². The van der Waals surface area contributed by atoms with Crippen LogP contribution in [0.5, 0.6) is 0 Å². The van der Waals surface area contributed by atoms with Gasteiger partial charge in [-0.3, -0.25) is 19.7 Å². The molecule has 3 rings (SSSR count). The van der Waals surface area contributed by atoms with Gasteiger partial charge < -0.3 is 14.6 Å². The summed E-state index contributed by atoms with van der Waals surface area (Å²) in [6.07, 6.45) is 1.67. The van der Waals surface area contributed by atoms with Crippen LogP contribution in [0.1, 0.15) is 27.8 Å². The number of benzene rings is 1. The van der Waals surface area contributed by atoms with E-state index in [-0.39, 0.29) is 16.7 Å². The maximum atomic E-state index is 12.1. The Morgan fingerprint density at radius 1 is 1.30 bits per heavy atom. The van der Waals surface area contributed by atoms with Crippen LogP contribution >= 0.6 is 11.8 Å². The van der Waals surface area contributed by atoms with E-state index >= 15 is 0 Å². The summed E-state index contributed by atoms with van der Waals surface area (Å²) < 4.78 is 6.51. The maximum Gasteiger partial charge on any atom is 0.338 e. The van der Waals surface area contributed by atoms with Gasteiger partial charge in [0.05, 0.1) is 16.5 Å². The second-order valence-electron chi connectivity index (χ2n) is 5.92. The quantitative estimate of drug-likeness (QED) is 0.772. The van der Waals surface area contributed by atoms with Gasteiger partial charge in [-0.1, -0.05) is 0 Å². The molecule has 1 aromatic heterocycles. The fraction of sp³-hybridized carbons (Fsp3) is 0.222. The molecular formula is C18H17N3O5S. The Bertz CT molecular complexity index is 937. The van der Waals surface area contributed by atoms with Gasteiger partial charge in [0, 0.05) is 18.1 Å². The van der Waals surface area contributed by atoms with Crippen molar-refractivity contribution in [3.8, 4) is 0 Å². The fourth-order valence-electron chi connectivity index (χ4n) is 2.47. The molecule has 1 aliphatic rings. The number of amides is 3. The van der Waals surface area contributed by atoms with Crippen LogP contribution in [-0.2, 0) is 21.4 Å². The summed E-state index contributed by atoms with van der Waals surface area (Å²) in [6.45, 7) is 1.20. The summed E-state index contributed by atoms with van der Waals surface area (Å²) in [7, 11) is 1.67. The highest BCUT2D eigenvalue weighted by Crippen LogP contribution is 2.35. The molecular weight excluding hydrogens is 370 g/mol. The van der Waals surface area contributed by atoms with Crippen molar-refractivity contribution in [3.05, 3.63) is 47.8 Å². The second kappa shape index (κ2) is 7.67. The molecule has 2 aromatic rings. The van der Waals surface area contributed by atoms with Crippen molar-refractivity contribution < 1.29 is 23.9 Å². The number of ether oxygens (including phenoxy) is 1. The molecule has 1 aliphatic heterocycles. The molecule has 1 atom stereocenters. The first kappa shape index (κ1) is 18.7. The molecule has 9 heteroatoms. The van der Waals surface area contributed by atoms with Gasteiger partial charge in [0.2, 0.25) is 5.91 Å². The molecule has 140 valence electrons. The van der Waals surface area contributed by atoms with Gasteiger partial charge in [-0.25, -0.2) is 4.79 Å². The molecule has 1 aromatic carbocycles. The number of hydrogen-bond donors (Lipinski definition) is 2. The third-order valence-electron chi connectivity index (χ3n) is 3.91. The Hall–Kier alpha value is -3.07. The average Bonchev–Trinajstić information content (AvgIpc) is 3.06. The fourth-order valence-corrected chi connectivity index (χ4v) is 3.40. The smallest absolute Gasteiger partial charge is 0.338 e. The van der Waals surface area contributed by atoms with Crippen molar-refractivity contribution in [1.29, 1.82) is 0 Å². The monoisotopic (exact) mass is 387 g/mol. The molecule has 0 bridgehead atoms. The summed E-state index contributed by atoms with van der Waals surface area (Å²) >= 11 is 1.40. The van der Waals surface area contributed by atoms with Gasteiger partial charge in [0.15, 0.2) is 6.61 Å². The van der Waals surface area contributed by atoms with Crippen LogP contribution in [0.15, 0.2) is 41.4 Å². The molecule has 27 heavy (non-hydrogen) atoms. The summed E-state index contributed by atoms with van der Waals surface area (Å²) in [4.78, 5) is 48.5. The largest absolute Gasteiger partial charge is 0.452 e. The van der Waals surface area contributed by atoms with Crippen molar-refractivity contribution in [1.82, 2.24) is 9.88 Å². The molecule has 2 N–H and O–H groups in total. The van der Waals surface area contributed by atoms with Gasteiger partial charge in [0.1, 0.15) is 5.69 Å².